The standard InChI is InChI=1S/C13H14N2O2/c1-3-4-9(2)13(17)15-11-7-10(8-14)5-6-12(11)16/h4-7,16H,3H2,1-2H3,(H,15,17)/b9-4-. The molecule has 0 heterocycles. The summed E-state index contributed by atoms with van der Waals surface area (Å²) in [5.41, 5.74) is 1.21. The van der Waals surface area contributed by atoms with E-state index in [1.165, 1.54) is 18.2 Å². The minimum atomic E-state index is -0.280. The Bertz CT molecular complexity index is 499. The number of allylic oxidation sites excluding steroid dienone is 1. The van der Waals surface area contributed by atoms with Crippen molar-refractivity contribution in [3.63, 3.8) is 0 Å². The highest BCUT2D eigenvalue weighted by Gasteiger charge is 2.08. The van der Waals surface area contributed by atoms with E-state index in [1.54, 1.807) is 13.0 Å². The molecular formula is C13H14N2O2. The van der Waals surface area contributed by atoms with Gasteiger partial charge in [-0.15, -0.1) is 0 Å². The molecule has 0 aliphatic heterocycles. The Labute approximate surface area is 100 Å². The van der Waals surface area contributed by atoms with Crippen LogP contribution < -0.4 is 5.32 Å². The van der Waals surface area contributed by atoms with Crippen molar-refractivity contribution in [2.45, 2.75) is 20.3 Å². The Hall–Kier alpha value is -2.28. The summed E-state index contributed by atoms with van der Waals surface area (Å²) < 4.78 is 0. The van der Waals surface area contributed by atoms with Gasteiger partial charge in [-0.2, -0.15) is 5.26 Å². The van der Waals surface area contributed by atoms with Gasteiger partial charge in [-0.05, 0) is 31.5 Å². The Kier molecular flexibility index (Phi) is 4.29. The summed E-state index contributed by atoms with van der Waals surface area (Å²) in [6.07, 6.45) is 2.56. The second-order valence-electron chi connectivity index (χ2n) is 3.59. The summed E-state index contributed by atoms with van der Waals surface area (Å²) >= 11 is 0. The summed E-state index contributed by atoms with van der Waals surface area (Å²) in [6, 6.07) is 6.25. The molecule has 1 amide bonds. The maximum Gasteiger partial charge on any atom is 0.251 e. The van der Waals surface area contributed by atoms with Crippen LogP contribution >= 0.6 is 0 Å². The van der Waals surface area contributed by atoms with Crippen molar-refractivity contribution in [1.82, 2.24) is 0 Å². The Balaban J connectivity index is 2.92. The minimum absolute atomic E-state index is 0.0540. The fourth-order valence-corrected chi connectivity index (χ4v) is 1.33. The van der Waals surface area contributed by atoms with Crippen molar-refractivity contribution in [3.8, 4) is 11.8 Å². The fraction of sp³-hybridized carbons (Fsp3) is 0.231. The molecule has 0 saturated heterocycles. The summed E-state index contributed by atoms with van der Waals surface area (Å²) in [7, 11) is 0. The number of phenolic OH excluding ortho intramolecular Hbond substituents is 1. The highest BCUT2D eigenvalue weighted by atomic mass is 16.3. The largest absolute Gasteiger partial charge is 0.506 e. The molecule has 88 valence electrons. The lowest BCUT2D eigenvalue weighted by Crippen LogP contribution is -2.12. The van der Waals surface area contributed by atoms with Crippen molar-refractivity contribution in [2.24, 2.45) is 0 Å². The van der Waals surface area contributed by atoms with E-state index in [1.807, 2.05) is 13.0 Å². The number of carbonyl (C=O) groups is 1. The predicted molar refractivity (Wildman–Crippen MR) is 65.5 cm³/mol. The smallest absolute Gasteiger partial charge is 0.251 e. The molecule has 0 saturated carbocycles. The maximum absolute atomic E-state index is 11.7. The van der Waals surface area contributed by atoms with E-state index >= 15 is 0 Å². The molecule has 0 radical (unpaired) electrons. The highest BCUT2D eigenvalue weighted by molar-refractivity contribution is 6.04. The molecule has 0 aliphatic carbocycles. The topological polar surface area (TPSA) is 73.1 Å². The van der Waals surface area contributed by atoms with Crippen LogP contribution in [0.15, 0.2) is 29.8 Å². The molecule has 1 aromatic carbocycles. The van der Waals surface area contributed by atoms with Crippen LogP contribution in [-0.2, 0) is 4.79 Å². The Morgan fingerprint density at radius 1 is 1.59 bits per heavy atom. The van der Waals surface area contributed by atoms with E-state index in [0.29, 0.717) is 11.1 Å². The third-order valence-electron chi connectivity index (χ3n) is 2.24. The molecule has 0 aliphatic rings. The monoisotopic (exact) mass is 230 g/mol. The van der Waals surface area contributed by atoms with Crippen molar-refractivity contribution >= 4 is 11.6 Å². The molecule has 0 unspecified atom stereocenters. The lowest BCUT2D eigenvalue weighted by atomic mass is 10.2. The van der Waals surface area contributed by atoms with Gasteiger partial charge in [-0.1, -0.05) is 13.0 Å². The zero-order valence-corrected chi connectivity index (χ0v) is 9.82. The molecule has 1 rings (SSSR count). The highest BCUT2D eigenvalue weighted by Crippen LogP contribution is 2.24. The molecule has 4 nitrogen and oxygen atoms in total. The van der Waals surface area contributed by atoms with E-state index in [9.17, 15) is 9.90 Å². The quantitative estimate of drug-likeness (QED) is 0.619. The van der Waals surface area contributed by atoms with Crippen LogP contribution in [-0.4, -0.2) is 11.0 Å². The van der Waals surface area contributed by atoms with Gasteiger partial charge in [-0.25, -0.2) is 0 Å². The van der Waals surface area contributed by atoms with Gasteiger partial charge in [0.05, 0.1) is 17.3 Å². The molecule has 2 N–H and O–H groups in total. The van der Waals surface area contributed by atoms with E-state index in [-0.39, 0.29) is 17.3 Å². The minimum Gasteiger partial charge on any atom is -0.506 e. The molecule has 17 heavy (non-hydrogen) atoms. The number of benzene rings is 1. The fourth-order valence-electron chi connectivity index (χ4n) is 1.33. The summed E-state index contributed by atoms with van der Waals surface area (Å²) in [6.45, 7) is 3.63. The Morgan fingerprint density at radius 3 is 2.88 bits per heavy atom. The first-order chi connectivity index (χ1) is 8.08. The van der Waals surface area contributed by atoms with Crippen LogP contribution in [0, 0.1) is 11.3 Å². The van der Waals surface area contributed by atoms with Crippen molar-refractivity contribution < 1.29 is 9.90 Å². The van der Waals surface area contributed by atoms with Gasteiger partial charge in [0.1, 0.15) is 5.75 Å². The van der Waals surface area contributed by atoms with E-state index in [0.717, 1.165) is 6.42 Å². The molecule has 0 fully saturated rings. The second-order valence-corrected chi connectivity index (χ2v) is 3.59. The maximum atomic E-state index is 11.7. The SMILES string of the molecule is CC/C=C(/C)C(=O)Nc1cc(C#N)ccc1O. The van der Waals surface area contributed by atoms with Crippen LogP contribution in [0.25, 0.3) is 0 Å². The zero-order chi connectivity index (χ0) is 12.8. The number of phenols is 1. The summed E-state index contributed by atoms with van der Waals surface area (Å²) in [5.74, 6) is -0.334. The summed E-state index contributed by atoms with van der Waals surface area (Å²) in [5, 5.41) is 20.8. The van der Waals surface area contributed by atoms with Crippen molar-refractivity contribution in [2.75, 3.05) is 5.32 Å². The molecule has 0 spiro atoms. The number of rotatable bonds is 3. The van der Waals surface area contributed by atoms with Gasteiger partial charge >= 0.3 is 0 Å². The van der Waals surface area contributed by atoms with Crippen molar-refractivity contribution in [3.05, 3.63) is 35.4 Å². The number of nitriles is 1. The first-order valence-corrected chi connectivity index (χ1v) is 5.29. The summed E-state index contributed by atoms with van der Waals surface area (Å²) in [4.78, 5) is 11.7. The molecule has 0 bridgehead atoms. The number of hydrogen-bond acceptors (Lipinski definition) is 3. The van der Waals surface area contributed by atoms with Crippen LogP contribution in [0.1, 0.15) is 25.8 Å². The third kappa shape index (κ3) is 3.35. The molecule has 4 heteroatoms. The average Bonchev–Trinajstić information content (AvgIpc) is 2.32. The first kappa shape index (κ1) is 12.8. The van der Waals surface area contributed by atoms with Gasteiger partial charge in [0.15, 0.2) is 0 Å². The number of carbonyl (C=O) groups excluding carboxylic acids is 1. The lowest BCUT2D eigenvalue weighted by molar-refractivity contribution is -0.112. The number of amides is 1. The van der Waals surface area contributed by atoms with Gasteiger partial charge in [0.2, 0.25) is 0 Å². The number of hydrogen-bond donors (Lipinski definition) is 2. The van der Waals surface area contributed by atoms with Gasteiger partial charge in [0, 0.05) is 5.57 Å². The van der Waals surface area contributed by atoms with Gasteiger partial charge < -0.3 is 10.4 Å². The number of nitrogens with one attached hydrogen (secondary N) is 1. The van der Waals surface area contributed by atoms with Gasteiger partial charge in [0.25, 0.3) is 5.91 Å². The number of anilines is 1. The van der Waals surface area contributed by atoms with Crippen molar-refractivity contribution in [1.29, 1.82) is 5.26 Å². The first-order valence-electron chi connectivity index (χ1n) is 5.29. The molecule has 0 atom stereocenters. The molecular weight excluding hydrogens is 216 g/mol. The van der Waals surface area contributed by atoms with E-state index in [4.69, 9.17) is 5.26 Å². The number of aromatic hydroxyl groups is 1. The second kappa shape index (κ2) is 5.71. The van der Waals surface area contributed by atoms with E-state index < -0.39 is 0 Å². The van der Waals surface area contributed by atoms with Crippen LogP contribution in [0.3, 0.4) is 0 Å². The van der Waals surface area contributed by atoms with Gasteiger partial charge in [-0.3, -0.25) is 4.79 Å². The predicted octanol–water partition coefficient (Wildman–Crippen LogP) is 2.56. The third-order valence-corrected chi connectivity index (χ3v) is 2.24. The van der Waals surface area contributed by atoms with Crippen LogP contribution in [0.4, 0.5) is 5.69 Å². The van der Waals surface area contributed by atoms with E-state index in [2.05, 4.69) is 5.32 Å². The number of nitrogens with zero attached hydrogens (tertiary/aromatic N) is 1. The zero-order valence-electron chi connectivity index (χ0n) is 9.82. The van der Waals surface area contributed by atoms with Crippen LogP contribution in [0.2, 0.25) is 0 Å². The molecule has 0 aromatic heterocycles. The molecule has 1 aromatic rings. The Morgan fingerprint density at radius 2 is 2.29 bits per heavy atom. The normalized spacial score (nSPS) is 10.8. The average molecular weight is 230 g/mol. The lowest BCUT2D eigenvalue weighted by Gasteiger charge is -2.07. The van der Waals surface area contributed by atoms with Crippen LogP contribution in [0.5, 0.6) is 5.75 Å².